The Morgan fingerprint density at radius 2 is 1.95 bits per heavy atom. The third-order valence-corrected chi connectivity index (χ3v) is 3.74. The number of aliphatic carboxylic acids is 2. The Morgan fingerprint density at radius 1 is 1.29 bits per heavy atom. The third-order valence-electron chi connectivity index (χ3n) is 3.74. The lowest BCUT2D eigenvalue weighted by atomic mass is 9.88. The summed E-state index contributed by atoms with van der Waals surface area (Å²) in [4.78, 5) is 22.1. The summed E-state index contributed by atoms with van der Waals surface area (Å²) in [5.41, 5.74) is 7.86. The number of fused-ring (bicyclic) bond motifs is 1. The van der Waals surface area contributed by atoms with Crippen molar-refractivity contribution in [2.75, 3.05) is 0 Å². The van der Waals surface area contributed by atoms with Gasteiger partial charge >= 0.3 is 11.9 Å². The second kappa shape index (κ2) is 5.57. The number of hydrogen-bond donors (Lipinski definition) is 3. The van der Waals surface area contributed by atoms with Gasteiger partial charge in [-0.25, -0.2) is 0 Å². The van der Waals surface area contributed by atoms with Crippen molar-refractivity contribution in [1.82, 2.24) is 0 Å². The largest absolute Gasteiger partial charge is 0.481 e. The monoisotopic (exact) mass is 291 g/mol. The van der Waals surface area contributed by atoms with Crippen LogP contribution in [0.25, 0.3) is 11.0 Å². The normalized spacial score (nSPS) is 14.0. The van der Waals surface area contributed by atoms with Crippen molar-refractivity contribution >= 4 is 22.9 Å². The molecule has 2 atom stereocenters. The van der Waals surface area contributed by atoms with E-state index in [0.29, 0.717) is 11.1 Å². The molecule has 0 saturated heterocycles. The Bertz CT molecular complexity index is 703. The standard InChI is InChI=1S/C15H17NO5/c1-7-8(2)21-12-4-3-9(5-10(7)12)11(6-13(17)18)14(16)15(19)20/h3-5,11,14H,6,16H2,1-2H3,(H,17,18)(H,19,20)/t11?,14-/m0/s1. The van der Waals surface area contributed by atoms with Gasteiger partial charge in [-0.2, -0.15) is 0 Å². The molecule has 1 aromatic heterocycles. The topological polar surface area (TPSA) is 114 Å². The molecule has 6 nitrogen and oxygen atoms in total. The van der Waals surface area contributed by atoms with Gasteiger partial charge in [-0.05, 0) is 37.1 Å². The number of rotatable bonds is 5. The van der Waals surface area contributed by atoms with E-state index in [2.05, 4.69) is 0 Å². The number of carboxylic acid groups (broad SMARTS) is 2. The van der Waals surface area contributed by atoms with Crippen molar-refractivity contribution in [1.29, 1.82) is 0 Å². The molecular weight excluding hydrogens is 274 g/mol. The maximum absolute atomic E-state index is 11.1. The highest BCUT2D eigenvalue weighted by molar-refractivity contribution is 5.84. The molecule has 112 valence electrons. The summed E-state index contributed by atoms with van der Waals surface area (Å²) in [6.45, 7) is 3.74. The zero-order chi connectivity index (χ0) is 15.7. The molecule has 0 saturated carbocycles. The van der Waals surface area contributed by atoms with Crippen LogP contribution in [0.1, 0.15) is 29.2 Å². The summed E-state index contributed by atoms with van der Waals surface area (Å²) in [6.07, 6.45) is -0.338. The summed E-state index contributed by atoms with van der Waals surface area (Å²) in [5.74, 6) is -2.32. The quantitative estimate of drug-likeness (QED) is 0.776. The highest BCUT2D eigenvalue weighted by atomic mass is 16.4. The van der Waals surface area contributed by atoms with Gasteiger partial charge in [0, 0.05) is 11.3 Å². The van der Waals surface area contributed by atoms with Crippen LogP contribution in [0.15, 0.2) is 22.6 Å². The summed E-state index contributed by atoms with van der Waals surface area (Å²) in [5, 5.41) is 18.9. The Balaban J connectivity index is 2.50. The zero-order valence-electron chi connectivity index (χ0n) is 11.8. The molecule has 1 heterocycles. The van der Waals surface area contributed by atoms with E-state index in [9.17, 15) is 9.59 Å². The van der Waals surface area contributed by atoms with Crippen molar-refractivity contribution in [3.63, 3.8) is 0 Å². The molecule has 0 radical (unpaired) electrons. The molecule has 2 aromatic rings. The summed E-state index contributed by atoms with van der Waals surface area (Å²) in [7, 11) is 0. The van der Waals surface area contributed by atoms with E-state index >= 15 is 0 Å². The van der Waals surface area contributed by atoms with Crippen LogP contribution >= 0.6 is 0 Å². The number of hydrogen-bond acceptors (Lipinski definition) is 4. The summed E-state index contributed by atoms with van der Waals surface area (Å²) in [6, 6.07) is 3.87. The number of carbonyl (C=O) groups is 2. The number of carboxylic acids is 2. The van der Waals surface area contributed by atoms with E-state index in [1.165, 1.54) is 0 Å². The van der Waals surface area contributed by atoms with Gasteiger partial charge in [-0.15, -0.1) is 0 Å². The number of benzene rings is 1. The third kappa shape index (κ3) is 2.90. The van der Waals surface area contributed by atoms with Gasteiger partial charge in [-0.1, -0.05) is 6.07 Å². The number of nitrogens with two attached hydrogens (primary N) is 1. The fraction of sp³-hybridized carbons (Fsp3) is 0.333. The minimum absolute atomic E-state index is 0.338. The Hall–Kier alpha value is -2.34. The first-order valence-electron chi connectivity index (χ1n) is 6.51. The van der Waals surface area contributed by atoms with Crippen molar-refractivity contribution in [3.8, 4) is 0 Å². The molecule has 1 unspecified atom stereocenters. The fourth-order valence-corrected chi connectivity index (χ4v) is 2.40. The summed E-state index contributed by atoms with van der Waals surface area (Å²) >= 11 is 0. The van der Waals surface area contributed by atoms with Crippen molar-refractivity contribution in [3.05, 3.63) is 35.1 Å². The van der Waals surface area contributed by atoms with Gasteiger partial charge in [0.15, 0.2) is 0 Å². The SMILES string of the molecule is Cc1oc2ccc(C(CC(=O)O)[C@H](N)C(=O)O)cc2c1C. The molecule has 21 heavy (non-hydrogen) atoms. The van der Waals surface area contributed by atoms with E-state index in [1.807, 2.05) is 13.8 Å². The second-order valence-electron chi connectivity index (χ2n) is 5.11. The first kappa shape index (κ1) is 15.1. The Morgan fingerprint density at radius 3 is 2.52 bits per heavy atom. The van der Waals surface area contributed by atoms with E-state index in [1.54, 1.807) is 18.2 Å². The number of furan rings is 1. The van der Waals surface area contributed by atoms with Crippen LogP contribution in [0.3, 0.4) is 0 Å². The predicted octanol–water partition coefficient (Wildman–Crippen LogP) is 2.02. The average Bonchev–Trinajstić information content (AvgIpc) is 2.70. The van der Waals surface area contributed by atoms with Crippen LogP contribution in [0.4, 0.5) is 0 Å². The van der Waals surface area contributed by atoms with Crippen LogP contribution in [0.2, 0.25) is 0 Å². The molecule has 0 fully saturated rings. The lowest BCUT2D eigenvalue weighted by Crippen LogP contribution is -2.37. The minimum atomic E-state index is -1.27. The number of aryl methyl sites for hydroxylation is 2. The van der Waals surface area contributed by atoms with Gasteiger partial charge in [0.1, 0.15) is 17.4 Å². The molecular formula is C15H17NO5. The van der Waals surface area contributed by atoms with Crippen LogP contribution in [-0.2, 0) is 9.59 Å². The molecule has 1 aromatic carbocycles. The molecule has 0 bridgehead atoms. The highest BCUT2D eigenvalue weighted by Gasteiger charge is 2.28. The molecule has 0 aliphatic heterocycles. The maximum atomic E-state index is 11.1. The fourth-order valence-electron chi connectivity index (χ4n) is 2.40. The van der Waals surface area contributed by atoms with Gasteiger partial charge in [0.05, 0.1) is 6.42 Å². The first-order valence-corrected chi connectivity index (χ1v) is 6.51. The highest BCUT2D eigenvalue weighted by Crippen LogP contribution is 2.30. The van der Waals surface area contributed by atoms with Crippen molar-refractivity contribution in [2.24, 2.45) is 5.73 Å². The van der Waals surface area contributed by atoms with Crippen LogP contribution in [0.5, 0.6) is 0 Å². The molecule has 0 aliphatic rings. The Kier molecular flexibility index (Phi) is 3.99. The van der Waals surface area contributed by atoms with Crippen molar-refractivity contribution < 1.29 is 24.2 Å². The van der Waals surface area contributed by atoms with Crippen LogP contribution < -0.4 is 5.73 Å². The molecule has 0 amide bonds. The summed E-state index contributed by atoms with van der Waals surface area (Å²) < 4.78 is 5.56. The van der Waals surface area contributed by atoms with Gasteiger partial charge in [0.2, 0.25) is 0 Å². The van der Waals surface area contributed by atoms with Crippen molar-refractivity contribution in [2.45, 2.75) is 32.2 Å². The Labute approximate surface area is 121 Å². The molecule has 6 heteroatoms. The van der Waals surface area contributed by atoms with Crippen LogP contribution in [-0.4, -0.2) is 28.2 Å². The predicted molar refractivity (Wildman–Crippen MR) is 76.3 cm³/mol. The molecule has 0 spiro atoms. The minimum Gasteiger partial charge on any atom is -0.481 e. The zero-order valence-corrected chi connectivity index (χ0v) is 11.8. The molecule has 2 rings (SSSR count). The average molecular weight is 291 g/mol. The van der Waals surface area contributed by atoms with Crippen LogP contribution in [0, 0.1) is 13.8 Å². The van der Waals surface area contributed by atoms with Gasteiger partial charge in [-0.3, -0.25) is 9.59 Å². The van der Waals surface area contributed by atoms with Gasteiger partial charge in [0.25, 0.3) is 0 Å². The lowest BCUT2D eigenvalue weighted by molar-refractivity contribution is -0.140. The maximum Gasteiger partial charge on any atom is 0.321 e. The van der Waals surface area contributed by atoms with E-state index < -0.39 is 23.9 Å². The smallest absolute Gasteiger partial charge is 0.321 e. The molecule has 0 aliphatic carbocycles. The van der Waals surface area contributed by atoms with Gasteiger partial charge < -0.3 is 20.4 Å². The second-order valence-corrected chi connectivity index (χ2v) is 5.11. The lowest BCUT2D eigenvalue weighted by Gasteiger charge is -2.19. The van der Waals surface area contributed by atoms with E-state index in [-0.39, 0.29) is 6.42 Å². The first-order chi connectivity index (χ1) is 9.81. The molecule has 4 N–H and O–H groups in total. The van der Waals surface area contributed by atoms with E-state index in [4.69, 9.17) is 20.4 Å². The van der Waals surface area contributed by atoms with E-state index in [0.717, 1.165) is 16.7 Å².